The maximum atomic E-state index is 4.47. The molecule has 0 aliphatic heterocycles. The van der Waals surface area contributed by atoms with Crippen molar-refractivity contribution in [3.05, 3.63) is 29.6 Å². The Labute approximate surface area is 127 Å². The zero-order valence-electron chi connectivity index (χ0n) is 12.5. The second-order valence-electron chi connectivity index (χ2n) is 5.48. The van der Waals surface area contributed by atoms with Crippen molar-refractivity contribution in [1.29, 1.82) is 0 Å². The smallest absolute Gasteiger partial charge is 0.0443 e. The van der Waals surface area contributed by atoms with E-state index in [1.807, 2.05) is 12.3 Å². The van der Waals surface area contributed by atoms with Gasteiger partial charge in [0.25, 0.3) is 0 Å². The lowest BCUT2D eigenvalue weighted by Gasteiger charge is -2.10. The lowest BCUT2D eigenvalue weighted by molar-refractivity contribution is 0.569. The van der Waals surface area contributed by atoms with Crippen molar-refractivity contribution in [1.82, 2.24) is 4.98 Å². The zero-order chi connectivity index (χ0) is 13.9. The van der Waals surface area contributed by atoms with Crippen LogP contribution in [0.3, 0.4) is 0 Å². The summed E-state index contributed by atoms with van der Waals surface area (Å²) in [6, 6.07) is 4.16. The van der Waals surface area contributed by atoms with Gasteiger partial charge in [-0.3, -0.25) is 4.98 Å². The van der Waals surface area contributed by atoms with Gasteiger partial charge in [-0.15, -0.1) is 0 Å². The van der Waals surface area contributed by atoms with Crippen molar-refractivity contribution in [3.63, 3.8) is 0 Å². The molecule has 0 amide bonds. The highest BCUT2D eigenvalue weighted by Gasteiger charge is 2.08. The Kier molecular flexibility index (Phi) is 9.15. The molecule has 1 atom stereocenters. The van der Waals surface area contributed by atoms with Crippen molar-refractivity contribution >= 4 is 15.9 Å². The number of nitrogens with zero attached hydrogens (tertiary/aromatic N) is 1. The first-order valence-electron chi connectivity index (χ1n) is 7.78. The maximum absolute atomic E-state index is 4.47. The van der Waals surface area contributed by atoms with Crippen LogP contribution >= 0.6 is 15.9 Å². The molecule has 0 bridgehead atoms. The van der Waals surface area contributed by atoms with Crippen LogP contribution in [0.25, 0.3) is 0 Å². The van der Waals surface area contributed by atoms with Crippen LogP contribution in [0.2, 0.25) is 0 Å². The van der Waals surface area contributed by atoms with Gasteiger partial charge >= 0.3 is 0 Å². The quantitative estimate of drug-likeness (QED) is 0.389. The molecule has 0 saturated carbocycles. The average Bonchev–Trinajstić information content (AvgIpc) is 2.40. The van der Waals surface area contributed by atoms with Crippen LogP contribution in [0.4, 0.5) is 0 Å². The Balaban J connectivity index is 2.08. The Hall–Kier alpha value is -0.370. The van der Waals surface area contributed by atoms with E-state index >= 15 is 0 Å². The normalized spacial score (nSPS) is 12.6. The van der Waals surface area contributed by atoms with Crippen molar-refractivity contribution in [3.8, 4) is 0 Å². The van der Waals surface area contributed by atoms with Crippen molar-refractivity contribution in [2.24, 2.45) is 0 Å². The third-order valence-corrected chi connectivity index (χ3v) is 4.44. The number of aryl methyl sites for hydroxylation is 1. The first-order valence-corrected chi connectivity index (χ1v) is 8.70. The van der Waals surface area contributed by atoms with E-state index in [-0.39, 0.29) is 0 Å². The summed E-state index contributed by atoms with van der Waals surface area (Å²) in [5.41, 5.74) is 2.55. The number of aromatic nitrogens is 1. The van der Waals surface area contributed by atoms with Crippen molar-refractivity contribution in [2.45, 2.75) is 76.5 Å². The fraction of sp³-hybridized carbons (Fsp3) is 0.706. The van der Waals surface area contributed by atoms with E-state index in [4.69, 9.17) is 0 Å². The van der Waals surface area contributed by atoms with Gasteiger partial charge in [0.05, 0.1) is 0 Å². The van der Waals surface area contributed by atoms with E-state index in [9.17, 15) is 0 Å². The third kappa shape index (κ3) is 7.71. The van der Waals surface area contributed by atoms with Crippen LogP contribution < -0.4 is 0 Å². The van der Waals surface area contributed by atoms with Gasteiger partial charge in [-0.05, 0) is 25.0 Å². The second-order valence-corrected chi connectivity index (χ2v) is 6.77. The van der Waals surface area contributed by atoms with E-state index in [1.54, 1.807) is 0 Å². The Morgan fingerprint density at radius 2 is 1.79 bits per heavy atom. The summed E-state index contributed by atoms with van der Waals surface area (Å²) < 4.78 is 0. The molecule has 0 saturated heterocycles. The van der Waals surface area contributed by atoms with Gasteiger partial charge in [-0.2, -0.15) is 0 Å². The molecule has 0 spiro atoms. The molecule has 1 aromatic heterocycles. The Bertz CT molecular complexity index is 338. The van der Waals surface area contributed by atoms with Gasteiger partial charge in [-0.25, -0.2) is 0 Å². The molecule has 19 heavy (non-hydrogen) atoms. The fourth-order valence-electron chi connectivity index (χ4n) is 2.37. The molecule has 1 heterocycles. The monoisotopic (exact) mass is 325 g/mol. The lowest BCUT2D eigenvalue weighted by Crippen LogP contribution is -2.06. The largest absolute Gasteiger partial charge is 0.261 e. The minimum Gasteiger partial charge on any atom is -0.261 e. The molecule has 1 nitrogen and oxygen atoms in total. The first kappa shape index (κ1) is 16.7. The molecule has 0 fully saturated rings. The first-order chi connectivity index (χ1) is 9.24. The molecule has 108 valence electrons. The minimum absolute atomic E-state index is 0.580. The summed E-state index contributed by atoms with van der Waals surface area (Å²) in [4.78, 5) is 5.05. The number of hydrogen-bond donors (Lipinski definition) is 0. The minimum atomic E-state index is 0.580. The molecule has 1 unspecified atom stereocenters. The maximum Gasteiger partial charge on any atom is 0.0443 e. The van der Waals surface area contributed by atoms with Crippen LogP contribution in [-0.2, 0) is 6.42 Å². The number of alkyl halides is 1. The average molecular weight is 326 g/mol. The Morgan fingerprint density at radius 3 is 2.47 bits per heavy atom. The van der Waals surface area contributed by atoms with Gasteiger partial charge in [-0.1, -0.05) is 73.9 Å². The summed E-state index contributed by atoms with van der Waals surface area (Å²) in [6.45, 7) is 4.42. The molecule has 0 N–H and O–H groups in total. The van der Waals surface area contributed by atoms with Crippen LogP contribution in [0, 0.1) is 6.92 Å². The highest BCUT2D eigenvalue weighted by Crippen LogP contribution is 2.18. The van der Waals surface area contributed by atoms with E-state index in [2.05, 4.69) is 40.8 Å². The van der Waals surface area contributed by atoms with Gasteiger partial charge < -0.3 is 0 Å². The van der Waals surface area contributed by atoms with E-state index < -0.39 is 0 Å². The van der Waals surface area contributed by atoms with Gasteiger partial charge in [0.1, 0.15) is 0 Å². The number of pyridine rings is 1. The summed E-state index contributed by atoms with van der Waals surface area (Å²) in [7, 11) is 0. The van der Waals surface area contributed by atoms with Crippen molar-refractivity contribution in [2.75, 3.05) is 0 Å². The SMILES string of the molecule is CCCCCCCCCC(Br)Cc1ncccc1C. The van der Waals surface area contributed by atoms with E-state index in [1.165, 1.54) is 62.6 Å². The predicted octanol–water partition coefficient (Wildman–Crippen LogP) is 5.84. The Morgan fingerprint density at radius 1 is 1.11 bits per heavy atom. The number of hydrogen-bond acceptors (Lipinski definition) is 1. The van der Waals surface area contributed by atoms with E-state index in [0.29, 0.717) is 4.83 Å². The third-order valence-electron chi connectivity index (χ3n) is 3.65. The lowest BCUT2D eigenvalue weighted by atomic mass is 10.0. The summed E-state index contributed by atoms with van der Waals surface area (Å²) in [6.07, 6.45) is 13.9. The van der Waals surface area contributed by atoms with Crippen molar-refractivity contribution < 1.29 is 0 Å². The standard InChI is InChI=1S/C17H28BrN/c1-3-4-5-6-7-8-9-12-16(18)14-17-15(2)11-10-13-19-17/h10-11,13,16H,3-9,12,14H2,1-2H3. The van der Waals surface area contributed by atoms with Gasteiger partial charge in [0.15, 0.2) is 0 Å². The molecular formula is C17H28BrN. The number of unbranched alkanes of at least 4 members (excludes halogenated alkanes) is 6. The molecule has 1 rings (SSSR count). The second kappa shape index (κ2) is 10.4. The molecular weight excluding hydrogens is 298 g/mol. The fourth-order valence-corrected chi connectivity index (χ4v) is 3.00. The highest BCUT2D eigenvalue weighted by molar-refractivity contribution is 9.09. The molecule has 2 heteroatoms. The zero-order valence-corrected chi connectivity index (χ0v) is 14.1. The van der Waals surface area contributed by atoms with Crippen LogP contribution in [0.1, 0.15) is 69.5 Å². The van der Waals surface area contributed by atoms with Crippen LogP contribution in [0.5, 0.6) is 0 Å². The summed E-state index contributed by atoms with van der Waals surface area (Å²) in [5, 5.41) is 0. The van der Waals surface area contributed by atoms with Crippen LogP contribution in [-0.4, -0.2) is 9.81 Å². The molecule has 0 aliphatic carbocycles. The van der Waals surface area contributed by atoms with Gasteiger partial charge in [0, 0.05) is 23.1 Å². The molecule has 0 radical (unpaired) electrons. The summed E-state index contributed by atoms with van der Waals surface area (Å²) >= 11 is 3.80. The van der Waals surface area contributed by atoms with Crippen LogP contribution in [0.15, 0.2) is 18.3 Å². The molecule has 0 aromatic carbocycles. The molecule has 0 aliphatic rings. The number of halogens is 1. The number of rotatable bonds is 10. The molecule has 1 aromatic rings. The summed E-state index contributed by atoms with van der Waals surface area (Å²) in [5.74, 6) is 0. The topological polar surface area (TPSA) is 12.9 Å². The predicted molar refractivity (Wildman–Crippen MR) is 88.0 cm³/mol. The van der Waals surface area contributed by atoms with E-state index in [0.717, 1.165) is 6.42 Å². The highest BCUT2D eigenvalue weighted by atomic mass is 79.9. The van der Waals surface area contributed by atoms with Gasteiger partial charge in [0.2, 0.25) is 0 Å².